The van der Waals surface area contributed by atoms with Crippen molar-refractivity contribution >= 4 is 17.0 Å². The van der Waals surface area contributed by atoms with Gasteiger partial charge < -0.3 is 9.73 Å². The Kier molecular flexibility index (Phi) is 4.23. The Balaban J connectivity index is 1.61. The van der Waals surface area contributed by atoms with Crippen LogP contribution in [0.5, 0.6) is 0 Å². The van der Waals surface area contributed by atoms with Crippen LogP contribution < -0.4 is 11.1 Å². The van der Waals surface area contributed by atoms with Gasteiger partial charge in [-0.15, -0.1) is 0 Å². The summed E-state index contributed by atoms with van der Waals surface area (Å²) >= 11 is 0. The number of carbonyl (C=O) groups is 1. The van der Waals surface area contributed by atoms with E-state index in [1.54, 1.807) is 42.5 Å². The molecule has 0 aliphatic carbocycles. The molecule has 0 unspecified atom stereocenters. The summed E-state index contributed by atoms with van der Waals surface area (Å²) < 4.78 is 20.0. The summed E-state index contributed by atoms with van der Waals surface area (Å²) in [5.74, 6) is -1.11. The Labute approximate surface area is 131 Å². The van der Waals surface area contributed by atoms with Crippen molar-refractivity contribution in [3.63, 3.8) is 0 Å². The van der Waals surface area contributed by atoms with Gasteiger partial charge >= 0.3 is 5.76 Å². The maximum absolute atomic E-state index is 13.5. The standard InChI is InChI=1S/C17H15FN2O3/c18-13-6-2-1-5-12(13)11-19-16(21)9-10-20-14-7-3-4-8-15(14)23-17(20)22/h1-8H,9-11H2,(H,19,21). The van der Waals surface area contributed by atoms with Gasteiger partial charge in [-0.25, -0.2) is 9.18 Å². The molecule has 23 heavy (non-hydrogen) atoms. The van der Waals surface area contributed by atoms with Gasteiger partial charge in [-0.3, -0.25) is 9.36 Å². The molecule has 0 saturated carbocycles. The van der Waals surface area contributed by atoms with E-state index in [9.17, 15) is 14.0 Å². The van der Waals surface area contributed by atoms with Crippen LogP contribution in [0.3, 0.4) is 0 Å². The molecule has 0 radical (unpaired) electrons. The van der Waals surface area contributed by atoms with Crippen LogP contribution in [0.25, 0.3) is 11.1 Å². The van der Waals surface area contributed by atoms with Crippen molar-refractivity contribution in [3.8, 4) is 0 Å². The highest BCUT2D eigenvalue weighted by molar-refractivity contribution is 5.76. The van der Waals surface area contributed by atoms with Crippen molar-refractivity contribution in [1.82, 2.24) is 9.88 Å². The van der Waals surface area contributed by atoms with Crippen molar-refractivity contribution in [2.24, 2.45) is 0 Å². The van der Waals surface area contributed by atoms with Gasteiger partial charge in [0.05, 0.1) is 5.52 Å². The van der Waals surface area contributed by atoms with E-state index in [4.69, 9.17) is 4.42 Å². The highest BCUT2D eigenvalue weighted by Gasteiger charge is 2.10. The predicted octanol–water partition coefficient (Wildman–Crippen LogP) is 2.44. The number of nitrogens with zero attached hydrogens (tertiary/aromatic N) is 1. The molecule has 0 fully saturated rings. The van der Waals surface area contributed by atoms with Gasteiger partial charge in [0.2, 0.25) is 5.91 Å². The van der Waals surface area contributed by atoms with Crippen molar-refractivity contribution in [2.75, 3.05) is 0 Å². The Morgan fingerprint density at radius 3 is 2.70 bits per heavy atom. The minimum atomic E-state index is -0.492. The first-order valence-corrected chi connectivity index (χ1v) is 7.23. The molecule has 2 aromatic carbocycles. The van der Waals surface area contributed by atoms with E-state index < -0.39 is 5.76 Å². The maximum atomic E-state index is 13.5. The third kappa shape index (κ3) is 3.31. The summed E-state index contributed by atoms with van der Waals surface area (Å²) in [5.41, 5.74) is 1.57. The molecule has 6 heteroatoms. The molecule has 1 N–H and O–H groups in total. The van der Waals surface area contributed by atoms with Crippen molar-refractivity contribution < 1.29 is 13.6 Å². The van der Waals surface area contributed by atoms with Gasteiger partial charge in [0.1, 0.15) is 5.82 Å². The lowest BCUT2D eigenvalue weighted by Crippen LogP contribution is -2.26. The van der Waals surface area contributed by atoms with Crippen molar-refractivity contribution in [1.29, 1.82) is 0 Å². The smallest absolute Gasteiger partial charge is 0.408 e. The number of aryl methyl sites for hydroxylation is 1. The van der Waals surface area contributed by atoms with E-state index >= 15 is 0 Å². The van der Waals surface area contributed by atoms with E-state index in [2.05, 4.69) is 5.32 Å². The van der Waals surface area contributed by atoms with Crippen LogP contribution in [-0.4, -0.2) is 10.5 Å². The third-order valence-electron chi connectivity index (χ3n) is 3.57. The molecular weight excluding hydrogens is 299 g/mol. The van der Waals surface area contributed by atoms with E-state index in [-0.39, 0.29) is 31.2 Å². The van der Waals surface area contributed by atoms with Gasteiger partial charge in [0.25, 0.3) is 0 Å². The molecule has 0 aliphatic heterocycles. The quantitative estimate of drug-likeness (QED) is 0.786. The number of fused-ring (bicyclic) bond motifs is 1. The molecule has 0 atom stereocenters. The minimum Gasteiger partial charge on any atom is -0.408 e. The molecule has 3 aromatic rings. The normalized spacial score (nSPS) is 10.8. The molecule has 5 nitrogen and oxygen atoms in total. The lowest BCUT2D eigenvalue weighted by atomic mass is 10.2. The molecule has 0 spiro atoms. The largest absolute Gasteiger partial charge is 0.419 e. The van der Waals surface area contributed by atoms with Crippen LogP contribution in [0.4, 0.5) is 4.39 Å². The number of nitrogens with one attached hydrogen (secondary N) is 1. The number of para-hydroxylation sites is 2. The molecule has 1 heterocycles. The van der Waals surface area contributed by atoms with Crippen LogP contribution in [0.15, 0.2) is 57.7 Å². The molecule has 3 rings (SSSR count). The fourth-order valence-electron chi connectivity index (χ4n) is 2.36. The van der Waals surface area contributed by atoms with E-state index in [1.807, 2.05) is 0 Å². The fraction of sp³-hybridized carbons (Fsp3) is 0.176. The number of aromatic nitrogens is 1. The topological polar surface area (TPSA) is 64.2 Å². The van der Waals surface area contributed by atoms with Crippen molar-refractivity contribution in [3.05, 3.63) is 70.5 Å². The van der Waals surface area contributed by atoms with Gasteiger partial charge in [0, 0.05) is 25.1 Å². The number of rotatable bonds is 5. The second kappa shape index (κ2) is 6.48. The van der Waals surface area contributed by atoms with Gasteiger partial charge in [0.15, 0.2) is 5.58 Å². The van der Waals surface area contributed by atoms with Crippen LogP contribution in [-0.2, 0) is 17.9 Å². The molecule has 1 aromatic heterocycles. The Morgan fingerprint density at radius 2 is 1.87 bits per heavy atom. The second-order valence-electron chi connectivity index (χ2n) is 5.11. The predicted molar refractivity (Wildman–Crippen MR) is 83.3 cm³/mol. The van der Waals surface area contributed by atoms with Crippen LogP contribution >= 0.6 is 0 Å². The average Bonchev–Trinajstić information content (AvgIpc) is 2.87. The first-order valence-electron chi connectivity index (χ1n) is 7.23. The summed E-state index contributed by atoms with van der Waals surface area (Å²) in [4.78, 5) is 23.7. The summed E-state index contributed by atoms with van der Waals surface area (Å²) in [6.45, 7) is 0.325. The van der Waals surface area contributed by atoms with E-state index in [1.165, 1.54) is 10.6 Å². The number of hydrogen-bond acceptors (Lipinski definition) is 3. The maximum Gasteiger partial charge on any atom is 0.419 e. The first kappa shape index (κ1) is 15.0. The zero-order valence-electron chi connectivity index (χ0n) is 12.3. The molecule has 0 aliphatic rings. The highest BCUT2D eigenvalue weighted by atomic mass is 19.1. The SMILES string of the molecule is O=C(CCn1c(=O)oc2ccccc21)NCc1ccccc1F. The molecular formula is C17H15FN2O3. The molecule has 118 valence electrons. The van der Waals surface area contributed by atoms with Crippen LogP contribution in [0.1, 0.15) is 12.0 Å². The third-order valence-corrected chi connectivity index (χ3v) is 3.57. The average molecular weight is 314 g/mol. The van der Waals surface area contributed by atoms with Crippen molar-refractivity contribution in [2.45, 2.75) is 19.5 Å². The Bertz CT molecular complexity index is 898. The molecule has 1 amide bonds. The number of benzene rings is 2. The summed E-state index contributed by atoms with van der Waals surface area (Å²) in [5, 5.41) is 2.64. The van der Waals surface area contributed by atoms with E-state index in [0.29, 0.717) is 16.7 Å². The molecule has 0 bridgehead atoms. The highest BCUT2D eigenvalue weighted by Crippen LogP contribution is 2.12. The lowest BCUT2D eigenvalue weighted by Gasteiger charge is -2.06. The lowest BCUT2D eigenvalue weighted by molar-refractivity contribution is -0.121. The fourth-order valence-corrected chi connectivity index (χ4v) is 2.36. The number of amides is 1. The number of halogens is 1. The van der Waals surface area contributed by atoms with Gasteiger partial charge in [-0.1, -0.05) is 30.3 Å². The Morgan fingerprint density at radius 1 is 1.13 bits per heavy atom. The van der Waals surface area contributed by atoms with E-state index in [0.717, 1.165) is 0 Å². The van der Waals surface area contributed by atoms with Crippen LogP contribution in [0, 0.1) is 5.82 Å². The number of oxazole rings is 1. The number of hydrogen-bond donors (Lipinski definition) is 1. The molecule has 0 saturated heterocycles. The monoisotopic (exact) mass is 314 g/mol. The zero-order valence-corrected chi connectivity index (χ0v) is 12.3. The minimum absolute atomic E-state index is 0.109. The summed E-state index contributed by atoms with van der Waals surface area (Å²) in [6, 6.07) is 13.3. The number of carbonyl (C=O) groups excluding carboxylic acids is 1. The summed E-state index contributed by atoms with van der Waals surface area (Å²) in [6.07, 6.45) is 0.109. The zero-order chi connectivity index (χ0) is 16.2. The van der Waals surface area contributed by atoms with Gasteiger partial charge in [-0.2, -0.15) is 0 Å². The Hall–Kier alpha value is -2.89. The van der Waals surface area contributed by atoms with Gasteiger partial charge in [-0.05, 0) is 18.2 Å². The second-order valence-corrected chi connectivity index (χ2v) is 5.11. The summed E-state index contributed by atoms with van der Waals surface area (Å²) in [7, 11) is 0. The van der Waals surface area contributed by atoms with Crippen LogP contribution in [0.2, 0.25) is 0 Å². The first-order chi connectivity index (χ1) is 11.1.